The summed E-state index contributed by atoms with van der Waals surface area (Å²) in [5, 5.41) is 13.7. The fourth-order valence-corrected chi connectivity index (χ4v) is 2.26. The fourth-order valence-electron chi connectivity index (χ4n) is 2.00. The SMILES string of the molecule is COc1ccc(O)c(C(C)Nc2c(C)ccnc2Cl)c1. The van der Waals surface area contributed by atoms with Crippen molar-refractivity contribution in [1.82, 2.24) is 4.98 Å². The Kier molecular flexibility index (Phi) is 4.35. The lowest BCUT2D eigenvalue weighted by Gasteiger charge is -2.19. The van der Waals surface area contributed by atoms with Crippen molar-refractivity contribution in [2.24, 2.45) is 0 Å². The number of ether oxygens (including phenoxy) is 1. The van der Waals surface area contributed by atoms with E-state index in [0.29, 0.717) is 10.9 Å². The maximum absolute atomic E-state index is 9.97. The van der Waals surface area contributed by atoms with Gasteiger partial charge in [0.15, 0.2) is 5.15 Å². The highest BCUT2D eigenvalue weighted by Gasteiger charge is 2.14. The number of aryl methyl sites for hydroxylation is 1. The van der Waals surface area contributed by atoms with Gasteiger partial charge < -0.3 is 15.2 Å². The van der Waals surface area contributed by atoms with Crippen molar-refractivity contribution in [3.8, 4) is 11.5 Å². The van der Waals surface area contributed by atoms with E-state index in [4.69, 9.17) is 16.3 Å². The number of aromatic hydroxyl groups is 1. The van der Waals surface area contributed by atoms with Gasteiger partial charge >= 0.3 is 0 Å². The van der Waals surface area contributed by atoms with Crippen molar-refractivity contribution < 1.29 is 9.84 Å². The fraction of sp³-hybridized carbons (Fsp3) is 0.267. The lowest BCUT2D eigenvalue weighted by atomic mass is 10.1. The molecule has 0 aliphatic rings. The van der Waals surface area contributed by atoms with Gasteiger partial charge in [-0.1, -0.05) is 11.6 Å². The zero-order valence-corrected chi connectivity index (χ0v) is 12.4. The first-order valence-electron chi connectivity index (χ1n) is 6.27. The standard InChI is InChI=1S/C15H17ClN2O2/c1-9-6-7-17-15(16)14(9)18-10(2)12-8-11(20-3)4-5-13(12)19/h4-8,10,18-19H,1-3H3. The van der Waals surface area contributed by atoms with E-state index in [2.05, 4.69) is 10.3 Å². The lowest BCUT2D eigenvalue weighted by molar-refractivity contribution is 0.410. The Labute approximate surface area is 123 Å². The molecule has 0 saturated carbocycles. The molecule has 1 aromatic carbocycles. The number of methoxy groups -OCH3 is 1. The molecule has 0 radical (unpaired) electrons. The van der Waals surface area contributed by atoms with Crippen molar-refractivity contribution in [2.45, 2.75) is 19.9 Å². The van der Waals surface area contributed by atoms with Gasteiger partial charge in [-0.3, -0.25) is 0 Å². The molecule has 1 aromatic heterocycles. The van der Waals surface area contributed by atoms with Crippen LogP contribution in [0.4, 0.5) is 5.69 Å². The molecular formula is C15H17ClN2O2. The van der Waals surface area contributed by atoms with Crippen LogP contribution in [0.15, 0.2) is 30.5 Å². The third-order valence-electron chi connectivity index (χ3n) is 3.18. The molecule has 1 atom stereocenters. The Morgan fingerprint density at radius 1 is 1.35 bits per heavy atom. The zero-order valence-electron chi connectivity index (χ0n) is 11.6. The summed E-state index contributed by atoms with van der Waals surface area (Å²) in [6.45, 7) is 3.89. The third-order valence-corrected chi connectivity index (χ3v) is 3.46. The summed E-state index contributed by atoms with van der Waals surface area (Å²) in [5.74, 6) is 0.906. The number of benzene rings is 1. The molecule has 0 amide bonds. The first kappa shape index (κ1) is 14.5. The predicted molar refractivity (Wildman–Crippen MR) is 80.7 cm³/mol. The Balaban J connectivity index is 2.30. The van der Waals surface area contributed by atoms with Crippen molar-refractivity contribution in [3.63, 3.8) is 0 Å². The molecule has 2 aromatic rings. The van der Waals surface area contributed by atoms with E-state index in [1.165, 1.54) is 0 Å². The van der Waals surface area contributed by atoms with E-state index in [1.54, 1.807) is 31.5 Å². The largest absolute Gasteiger partial charge is 0.508 e. The van der Waals surface area contributed by atoms with E-state index in [-0.39, 0.29) is 11.8 Å². The average Bonchev–Trinajstić information content (AvgIpc) is 2.43. The van der Waals surface area contributed by atoms with Crippen LogP contribution in [-0.2, 0) is 0 Å². The summed E-state index contributed by atoms with van der Waals surface area (Å²) in [7, 11) is 1.59. The minimum atomic E-state index is -0.134. The smallest absolute Gasteiger partial charge is 0.152 e. The van der Waals surface area contributed by atoms with E-state index >= 15 is 0 Å². The number of phenolic OH excluding ortho intramolecular Hbond substituents is 1. The molecule has 1 heterocycles. The minimum absolute atomic E-state index is 0.134. The monoisotopic (exact) mass is 292 g/mol. The van der Waals surface area contributed by atoms with Crippen LogP contribution in [0.1, 0.15) is 24.1 Å². The van der Waals surface area contributed by atoms with Crippen molar-refractivity contribution >= 4 is 17.3 Å². The molecule has 0 bridgehead atoms. The number of hydrogen-bond acceptors (Lipinski definition) is 4. The Bertz CT molecular complexity index is 597. The van der Waals surface area contributed by atoms with Gasteiger partial charge in [-0.05, 0) is 43.7 Å². The van der Waals surface area contributed by atoms with Crippen LogP contribution in [-0.4, -0.2) is 17.2 Å². The van der Waals surface area contributed by atoms with Crippen molar-refractivity contribution in [3.05, 3.63) is 46.7 Å². The third kappa shape index (κ3) is 2.96. The number of rotatable bonds is 4. The molecule has 1 unspecified atom stereocenters. The maximum atomic E-state index is 9.97. The molecular weight excluding hydrogens is 276 g/mol. The predicted octanol–water partition coefficient (Wildman–Crippen LogP) is 3.93. The molecule has 0 spiro atoms. The minimum Gasteiger partial charge on any atom is -0.508 e. The van der Waals surface area contributed by atoms with Gasteiger partial charge in [0.1, 0.15) is 11.5 Å². The Morgan fingerprint density at radius 3 is 2.75 bits per heavy atom. The van der Waals surface area contributed by atoms with Crippen molar-refractivity contribution in [2.75, 3.05) is 12.4 Å². The van der Waals surface area contributed by atoms with Gasteiger partial charge in [0, 0.05) is 11.8 Å². The molecule has 0 saturated heterocycles. The highest BCUT2D eigenvalue weighted by molar-refractivity contribution is 6.32. The van der Waals surface area contributed by atoms with Gasteiger partial charge in [-0.15, -0.1) is 0 Å². The second-order valence-corrected chi connectivity index (χ2v) is 4.94. The number of nitrogens with one attached hydrogen (secondary N) is 1. The van der Waals surface area contributed by atoms with Gasteiger partial charge in [-0.25, -0.2) is 4.98 Å². The number of aromatic nitrogens is 1. The Hall–Kier alpha value is -1.94. The molecule has 0 aliphatic carbocycles. The Morgan fingerprint density at radius 2 is 2.10 bits per heavy atom. The number of halogens is 1. The molecule has 106 valence electrons. The highest BCUT2D eigenvalue weighted by Crippen LogP contribution is 2.33. The number of hydrogen-bond donors (Lipinski definition) is 2. The summed E-state index contributed by atoms with van der Waals surface area (Å²) >= 11 is 6.10. The lowest BCUT2D eigenvalue weighted by Crippen LogP contribution is -2.09. The van der Waals surface area contributed by atoms with Crippen LogP contribution >= 0.6 is 11.6 Å². The molecule has 0 aliphatic heterocycles. The van der Waals surface area contributed by atoms with E-state index in [1.807, 2.05) is 19.9 Å². The van der Waals surface area contributed by atoms with Gasteiger partial charge in [-0.2, -0.15) is 0 Å². The topological polar surface area (TPSA) is 54.4 Å². The van der Waals surface area contributed by atoms with Crippen LogP contribution in [0.5, 0.6) is 11.5 Å². The molecule has 0 fully saturated rings. The van der Waals surface area contributed by atoms with Crippen LogP contribution < -0.4 is 10.1 Å². The number of pyridine rings is 1. The molecule has 20 heavy (non-hydrogen) atoms. The summed E-state index contributed by atoms with van der Waals surface area (Å²) < 4.78 is 5.18. The average molecular weight is 293 g/mol. The van der Waals surface area contributed by atoms with E-state index in [0.717, 1.165) is 16.8 Å². The molecule has 4 nitrogen and oxygen atoms in total. The maximum Gasteiger partial charge on any atom is 0.152 e. The highest BCUT2D eigenvalue weighted by atomic mass is 35.5. The van der Waals surface area contributed by atoms with Crippen molar-refractivity contribution in [1.29, 1.82) is 0 Å². The molecule has 2 rings (SSSR count). The number of anilines is 1. The van der Waals surface area contributed by atoms with E-state index in [9.17, 15) is 5.11 Å². The van der Waals surface area contributed by atoms with Crippen LogP contribution in [0.3, 0.4) is 0 Å². The van der Waals surface area contributed by atoms with E-state index < -0.39 is 0 Å². The van der Waals surface area contributed by atoms with Crippen LogP contribution in [0.2, 0.25) is 5.15 Å². The molecule has 5 heteroatoms. The molecule has 2 N–H and O–H groups in total. The summed E-state index contributed by atoms with van der Waals surface area (Å²) in [5.41, 5.74) is 2.51. The quantitative estimate of drug-likeness (QED) is 0.838. The summed E-state index contributed by atoms with van der Waals surface area (Å²) in [4.78, 5) is 4.06. The number of phenols is 1. The van der Waals surface area contributed by atoms with Gasteiger partial charge in [0.2, 0.25) is 0 Å². The van der Waals surface area contributed by atoms with Crippen LogP contribution in [0.25, 0.3) is 0 Å². The van der Waals surface area contributed by atoms with Gasteiger partial charge in [0.05, 0.1) is 18.8 Å². The summed E-state index contributed by atoms with van der Waals surface area (Å²) in [6.07, 6.45) is 1.66. The number of nitrogens with zero attached hydrogens (tertiary/aromatic N) is 1. The first-order valence-corrected chi connectivity index (χ1v) is 6.65. The summed E-state index contributed by atoms with van der Waals surface area (Å²) in [6, 6.07) is 6.88. The van der Waals surface area contributed by atoms with Gasteiger partial charge in [0.25, 0.3) is 0 Å². The first-order chi connectivity index (χ1) is 9.52. The normalized spacial score (nSPS) is 12.0. The second-order valence-electron chi connectivity index (χ2n) is 4.58. The van der Waals surface area contributed by atoms with Crippen LogP contribution in [0, 0.1) is 6.92 Å². The second kappa shape index (κ2) is 6.01. The zero-order chi connectivity index (χ0) is 14.7.